The molecule has 1 amide bonds. The highest BCUT2D eigenvalue weighted by atomic mass is 32.2. The van der Waals surface area contributed by atoms with Crippen molar-refractivity contribution in [2.75, 3.05) is 18.8 Å². The quantitative estimate of drug-likeness (QED) is 0.787. The molecule has 1 saturated heterocycles. The molecule has 4 nitrogen and oxygen atoms in total. The van der Waals surface area contributed by atoms with Gasteiger partial charge in [0.15, 0.2) is 0 Å². The molecule has 1 aromatic rings. The Balaban J connectivity index is 1.80. The van der Waals surface area contributed by atoms with Gasteiger partial charge in [0, 0.05) is 36.4 Å². The van der Waals surface area contributed by atoms with Crippen molar-refractivity contribution in [2.24, 2.45) is 5.73 Å². The highest BCUT2D eigenvalue weighted by Crippen LogP contribution is 2.18. The summed E-state index contributed by atoms with van der Waals surface area (Å²) < 4.78 is 0. The van der Waals surface area contributed by atoms with Crippen molar-refractivity contribution in [3.05, 3.63) is 24.5 Å². The van der Waals surface area contributed by atoms with E-state index in [4.69, 9.17) is 5.73 Å². The highest BCUT2D eigenvalue weighted by molar-refractivity contribution is 8.00. The minimum absolute atomic E-state index is 0.162. The van der Waals surface area contributed by atoms with Crippen molar-refractivity contribution in [3.8, 4) is 0 Å². The summed E-state index contributed by atoms with van der Waals surface area (Å²) in [5, 5.41) is 0. The molecule has 1 atom stereocenters. The number of nitrogens with two attached hydrogens (primary N) is 1. The maximum atomic E-state index is 11.8. The van der Waals surface area contributed by atoms with E-state index in [1.165, 1.54) is 0 Å². The second kappa shape index (κ2) is 5.32. The Labute approximate surface area is 99.2 Å². The van der Waals surface area contributed by atoms with Crippen molar-refractivity contribution in [1.29, 1.82) is 0 Å². The van der Waals surface area contributed by atoms with E-state index in [1.807, 2.05) is 17.0 Å². The van der Waals surface area contributed by atoms with E-state index in [-0.39, 0.29) is 11.9 Å². The van der Waals surface area contributed by atoms with Crippen molar-refractivity contribution in [2.45, 2.75) is 17.4 Å². The number of rotatable bonds is 3. The van der Waals surface area contributed by atoms with Gasteiger partial charge in [0.2, 0.25) is 5.91 Å². The van der Waals surface area contributed by atoms with E-state index >= 15 is 0 Å². The number of hydrogen-bond donors (Lipinski definition) is 1. The number of carbonyl (C=O) groups excluding carboxylic acids is 1. The number of hydrogen-bond acceptors (Lipinski definition) is 4. The van der Waals surface area contributed by atoms with Crippen LogP contribution in [0.2, 0.25) is 0 Å². The standard InChI is InChI=1S/C11H15N3OS/c12-9-3-6-14(7-9)11(15)8-16-10-1-4-13-5-2-10/h1-2,4-5,9H,3,6-8,12H2. The molecule has 2 N–H and O–H groups in total. The summed E-state index contributed by atoms with van der Waals surface area (Å²) in [5.74, 6) is 0.659. The molecule has 5 heteroatoms. The van der Waals surface area contributed by atoms with Gasteiger partial charge in [0.05, 0.1) is 5.75 Å². The first-order chi connectivity index (χ1) is 7.75. The lowest BCUT2D eigenvalue weighted by atomic mass is 10.3. The van der Waals surface area contributed by atoms with Gasteiger partial charge in [0.1, 0.15) is 0 Å². The van der Waals surface area contributed by atoms with Crippen molar-refractivity contribution < 1.29 is 4.79 Å². The Kier molecular flexibility index (Phi) is 3.79. The number of thioether (sulfide) groups is 1. The summed E-state index contributed by atoms with van der Waals surface area (Å²) in [6.45, 7) is 1.51. The Hall–Kier alpha value is -1.07. The van der Waals surface area contributed by atoms with E-state index in [0.717, 1.165) is 17.9 Å². The summed E-state index contributed by atoms with van der Waals surface area (Å²) in [6, 6.07) is 3.98. The van der Waals surface area contributed by atoms with Crippen LogP contribution in [0.3, 0.4) is 0 Å². The molecule has 1 fully saturated rings. The molecule has 1 aromatic heterocycles. The summed E-state index contributed by atoms with van der Waals surface area (Å²) in [6.07, 6.45) is 4.39. The van der Waals surface area contributed by atoms with Crippen LogP contribution < -0.4 is 5.73 Å². The molecule has 2 heterocycles. The van der Waals surface area contributed by atoms with Gasteiger partial charge < -0.3 is 10.6 Å². The molecule has 1 aliphatic heterocycles. The third kappa shape index (κ3) is 2.96. The van der Waals surface area contributed by atoms with E-state index < -0.39 is 0 Å². The van der Waals surface area contributed by atoms with Gasteiger partial charge in [-0.15, -0.1) is 11.8 Å². The number of carbonyl (C=O) groups is 1. The first-order valence-corrected chi connectivity index (χ1v) is 6.30. The molecule has 16 heavy (non-hydrogen) atoms. The summed E-state index contributed by atoms with van der Waals surface area (Å²) in [4.78, 5) is 18.7. The molecule has 2 rings (SSSR count). The van der Waals surface area contributed by atoms with Gasteiger partial charge in [-0.05, 0) is 18.6 Å². The Morgan fingerprint density at radius 2 is 2.31 bits per heavy atom. The Morgan fingerprint density at radius 1 is 1.56 bits per heavy atom. The predicted molar refractivity (Wildman–Crippen MR) is 64.1 cm³/mol. The molecule has 0 spiro atoms. The van der Waals surface area contributed by atoms with Crippen LogP contribution in [-0.4, -0.2) is 40.7 Å². The average molecular weight is 237 g/mol. The molecule has 0 radical (unpaired) electrons. The van der Waals surface area contributed by atoms with Crippen LogP contribution in [-0.2, 0) is 4.79 Å². The minimum atomic E-state index is 0.162. The summed E-state index contributed by atoms with van der Waals surface area (Å²) in [7, 11) is 0. The lowest BCUT2D eigenvalue weighted by Gasteiger charge is -2.15. The van der Waals surface area contributed by atoms with E-state index in [0.29, 0.717) is 12.3 Å². The first-order valence-electron chi connectivity index (χ1n) is 5.32. The van der Waals surface area contributed by atoms with Gasteiger partial charge in [-0.1, -0.05) is 0 Å². The number of amides is 1. The fourth-order valence-electron chi connectivity index (χ4n) is 1.68. The van der Waals surface area contributed by atoms with Crippen LogP contribution in [0.25, 0.3) is 0 Å². The average Bonchev–Trinajstić information content (AvgIpc) is 2.74. The van der Waals surface area contributed by atoms with Gasteiger partial charge >= 0.3 is 0 Å². The molecular weight excluding hydrogens is 222 g/mol. The van der Waals surface area contributed by atoms with E-state index in [1.54, 1.807) is 24.2 Å². The van der Waals surface area contributed by atoms with Crippen molar-refractivity contribution in [3.63, 3.8) is 0 Å². The molecule has 1 aliphatic rings. The molecule has 0 aliphatic carbocycles. The highest BCUT2D eigenvalue weighted by Gasteiger charge is 2.23. The molecular formula is C11H15N3OS. The molecule has 0 saturated carbocycles. The normalized spacial score (nSPS) is 20.1. The largest absolute Gasteiger partial charge is 0.340 e. The lowest BCUT2D eigenvalue weighted by Crippen LogP contribution is -2.33. The van der Waals surface area contributed by atoms with Crippen LogP contribution >= 0.6 is 11.8 Å². The van der Waals surface area contributed by atoms with Crippen LogP contribution in [0.15, 0.2) is 29.4 Å². The second-order valence-corrected chi connectivity index (χ2v) is 4.91. The topological polar surface area (TPSA) is 59.2 Å². The Morgan fingerprint density at radius 3 is 2.94 bits per heavy atom. The lowest BCUT2D eigenvalue weighted by molar-refractivity contribution is -0.127. The van der Waals surface area contributed by atoms with Crippen LogP contribution in [0.1, 0.15) is 6.42 Å². The first kappa shape index (κ1) is 11.4. The van der Waals surface area contributed by atoms with E-state index in [9.17, 15) is 4.79 Å². The predicted octanol–water partition coefficient (Wildman–Crippen LogP) is 0.733. The molecule has 0 aromatic carbocycles. The monoisotopic (exact) mass is 237 g/mol. The van der Waals surface area contributed by atoms with Gasteiger partial charge in [-0.3, -0.25) is 9.78 Å². The zero-order chi connectivity index (χ0) is 11.4. The van der Waals surface area contributed by atoms with Crippen molar-refractivity contribution in [1.82, 2.24) is 9.88 Å². The smallest absolute Gasteiger partial charge is 0.232 e. The second-order valence-electron chi connectivity index (χ2n) is 3.86. The SMILES string of the molecule is NC1CCN(C(=O)CSc2ccncc2)C1. The third-order valence-corrected chi connectivity index (χ3v) is 3.59. The van der Waals surface area contributed by atoms with Gasteiger partial charge in [-0.2, -0.15) is 0 Å². The zero-order valence-electron chi connectivity index (χ0n) is 9.00. The van der Waals surface area contributed by atoms with Gasteiger partial charge in [0.25, 0.3) is 0 Å². The van der Waals surface area contributed by atoms with Crippen LogP contribution in [0, 0.1) is 0 Å². The summed E-state index contributed by atoms with van der Waals surface area (Å²) >= 11 is 1.54. The van der Waals surface area contributed by atoms with E-state index in [2.05, 4.69) is 4.98 Å². The fraction of sp³-hybridized carbons (Fsp3) is 0.455. The van der Waals surface area contributed by atoms with Gasteiger partial charge in [-0.25, -0.2) is 0 Å². The molecule has 86 valence electrons. The van der Waals surface area contributed by atoms with Crippen LogP contribution in [0.5, 0.6) is 0 Å². The number of pyridine rings is 1. The van der Waals surface area contributed by atoms with Crippen LogP contribution in [0.4, 0.5) is 0 Å². The number of nitrogens with zero attached hydrogens (tertiary/aromatic N) is 2. The maximum Gasteiger partial charge on any atom is 0.232 e. The number of likely N-dealkylation sites (tertiary alicyclic amines) is 1. The molecule has 0 bridgehead atoms. The summed E-state index contributed by atoms with van der Waals surface area (Å²) in [5.41, 5.74) is 5.76. The van der Waals surface area contributed by atoms with Crippen molar-refractivity contribution >= 4 is 17.7 Å². The number of aromatic nitrogens is 1. The minimum Gasteiger partial charge on any atom is -0.340 e. The third-order valence-electron chi connectivity index (χ3n) is 2.59. The molecule has 1 unspecified atom stereocenters. The fourth-order valence-corrected chi connectivity index (χ4v) is 2.47. The maximum absolute atomic E-state index is 11.8. The zero-order valence-corrected chi connectivity index (χ0v) is 9.82. The Bertz CT molecular complexity index is 358.